The second kappa shape index (κ2) is 6.27. The van der Waals surface area contributed by atoms with Crippen molar-refractivity contribution in [3.8, 4) is 5.88 Å². The molecule has 4 heterocycles. The van der Waals surface area contributed by atoms with Crippen molar-refractivity contribution in [1.29, 1.82) is 0 Å². The van der Waals surface area contributed by atoms with Crippen molar-refractivity contribution in [2.75, 3.05) is 18.0 Å². The van der Waals surface area contributed by atoms with Gasteiger partial charge in [0, 0.05) is 43.4 Å². The highest BCUT2D eigenvalue weighted by Crippen LogP contribution is 2.26. The Morgan fingerprint density at radius 2 is 1.88 bits per heavy atom. The molecule has 0 atom stereocenters. The van der Waals surface area contributed by atoms with Crippen LogP contribution in [-0.4, -0.2) is 48.7 Å². The second-order valence-corrected chi connectivity index (χ2v) is 6.42. The van der Waals surface area contributed by atoms with Gasteiger partial charge in [-0.15, -0.1) is 0 Å². The number of rotatable bonds is 3. The lowest BCUT2D eigenvalue weighted by Gasteiger charge is -2.34. The molecule has 4 rings (SSSR count). The molecule has 3 aromatic rings. The molecule has 0 amide bonds. The lowest BCUT2D eigenvalue weighted by molar-refractivity contribution is 0.162. The Morgan fingerprint density at radius 1 is 1.08 bits per heavy atom. The monoisotopic (exact) mass is 339 g/mol. The fourth-order valence-electron chi connectivity index (χ4n) is 3.24. The van der Waals surface area contributed by atoms with E-state index in [1.54, 1.807) is 18.7 Å². The van der Waals surface area contributed by atoms with Crippen molar-refractivity contribution in [1.82, 2.24) is 29.5 Å². The number of ether oxygens (including phenoxy) is 1. The summed E-state index contributed by atoms with van der Waals surface area (Å²) in [6.07, 6.45) is 6.96. The molecule has 0 aromatic carbocycles. The zero-order valence-electron chi connectivity index (χ0n) is 14.7. The highest BCUT2D eigenvalue weighted by atomic mass is 16.5. The summed E-state index contributed by atoms with van der Waals surface area (Å²) in [6, 6.07) is 0. The van der Waals surface area contributed by atoms with Crippen molar-refractivity contribution >= 4 is 11.6 Å². The number of aromatic nitrogens is 6. The lowest BCUT2D eigenvalue weighted by Crippen LogP contribution is -2.40. The second-order valence-electron chi connectivity index (χ2n) is 6.42. The highest BCUT2D eigenvalue weighted by Gasteiger charge is 2.25. The van der Waals surface area contributed by atoms with Gasteiger partial charge in [-0.05, 0) is 20.8 Å². The van der Waals surface area contributed by atoms with Crippen LogP contribution in [0.2, 0.25) is 0 Å². The van der Waals surface area contributed by atoms with E-state index >= 15 is 0 Å². The number of nitrogens with zero attached hydrogens (tertiary/aromatic N) is 7. The van der Waals surface area contributed by atoms with Crippen molar-refractivity contribution in [3.05, 3.63) is 35.7 Å². The number of aryl methyl sites for hydroxylation is 2. The van der Waals surface area contributed by atoms with E-state index in [2.05, 4.69) is 36.9 Å². The SMILES string of the molecule is Cc1cncc(OC2CCN(c3c(C)c(C)nc4ncnn34)CC2)n1. The third-order valence-corrected chi connectivity index (χ3v) is 4.64. The first-order valence-corrected chi connectivity index (χ1v) is 8.49. The Morgan fingerprint density at radius 3 is 2.64 bits per heavy atom. The van der Waals surface area contributed by atoms with E-state index in [4.69, 9.17) is 4.74 Å². The van der Waals surface area contributed by atoms with E-state index in [9.17, 15) is 0 Å². The maximum atomic E-state index is 6.00. The van der Waals surface area contributed by atoms with Crippen LogP contribution in [0.15, 0.2) is 18.7 Å². The van der Waals surface area contributed by atoms with Gasteiger partial charge >= 0.3 is 0 Å². The van der Waals surface area contributed by atoms with E-state index in [1.807, 2.05) is 18.4 Å². The summed E-state index contributed by atoms with van der Waals surface area (Å²) >= 11 is 0. The van der Waals surface area contributed by atoms with Gasteiger partial charge in [0.05, 0.1) is 11.9 Å². The zero-order chi connectivity index (χ0) is 17.4. The van der Waals surface area contributed by atoms with Crippen LogP contribution in [0.5, 0.6) is 5.88 Å². The number of anilines is 1. The molecule has 0 radical (unpaired) electrons. The van der Waals surface area contributed by atoms with Crippen LogP contribution >= 0.6 is 0 Å². The van der Waals surface area contributed by atoms with Gasteiger partial charge in [0.1, 0.15) is 18.2 Å². The molecule has 1 aliphatic rings. The molecule has 0 spiro atoms. The third kappa shape index (κ3) is 2.99. The third-order valence-electron chi connectivity index (χ3n) is 4.64. The summed E-state index contributed by atoms with van der Waals surface area (Å²) in [7, 11) is 0. The van der Waals surface area contributed by atoms with Crippen LogP contribution in [0.1, 0.15) is 29.8 Å². The van der Waals surface area contributed by atoms with Crippen molar-refractivity contribution < 1.29 is 4.74 Å². The molecule has 0 saturated carbocycles. The highest BCUT2D eigenvalue weighted by molar-refractivity contribution is 5.54. The van der Waals surface area contributed by atoms with Crippen LogP contribution in [0.25, 0.3) is 5.78 Å². The van der Waals surface area contributed by atoms with Gasteiger partial charge in [-0.3, -0.25) is 4.98 Å². The topological polar surface area (TPSA) is 81.3 Å². The molecule has 8 heteroatoms. The van der Waals surface area contributed by atoms with Crippen molar-refractivity contribution in [3.63, 3.8) is 0 Å². The van der Waals surface area contributed by atoms with Gasteiger partial charge < -0.3 is 9.64 Å². The predicted octanol–water partition coefficient (Wildman–Crippen LogP) is 1.89. The first kappa shape index (κ1) is 15.7. The van der Waals surface area contributed by atoms with E-state index in [0.29, 0.717) is 11.7 Å². The number of fused-ring (bicyclic) bond motifs is 1. The Bertz CT molecular complexity index is 899. The summed E-state index contributed by atoms with van der Waals surface area (Å²) < 4.78 is 7.83. The van der Waals surface area contributed by atoms with Gasteiger partial charge in [-0.25, -0.2) is 9.97 Å². The van der Waals surface area contributed by atoms with Crippen LogP contribution in [0.3, 0.4) is 0 Å². The minimum absolute atomic E-state index is 0.154. The Labute approximate surface area is 145 Å². The van der Waals surface area contributed by atoms with Gasteiger partial charge in [-0.1, -0.05) is 0 Å². The van der Waals surface area contributed by atoms with Gasteiger partial charge in [0.25, 0.3) is 5.78 Å². The Hall–Kier alpha value is -2.77. The summed E-state index contributed by atoms with van der Waals surface area (Å²) in [5.74, 6) is 2.33. The molecule has 8 nitrogen and oxygen atoms in total. The quantitative estimate of drug-likeness (QED) is 0.720. The fraction of sp³-hybridized carbons (Fsp3) is 0.471. The van der Waals surface area contributed by atoms with Crippen LogP contribution in [0.4, 0.5) is 5.82 Å². The lowest BCUT2D eigenvalue weighted by atomic mass is 10.1. The summed E-state index contributed by atoms with van der Waals surface area (Å²) in [5.41, 5.74) is 3.00. The molecule has 130 valence electrons. The summed E-state index contributed by atoms with van der Waals surface area (Å²) in [4.78, 5) is 19.6. The Kier molecular flexibility index (Phi) is 3.95. The van der Waals surface area contributed by atoms with Gasteiger partial charge in [-0.2, -0.15) is 14.6 Å². The van der Waals surface area contributed by atoms with Crippen molar-refractivity contribution in [2.24, 2.45) is 0 Å². The van der Waals surface area contributed by atoms with E-state index < -0.39 is 0 Å². The number of piperidine rings is 1. The summed E-state index contributed by atoms with van der Waals surface area (Å²) in [5, 5.41) is 4.34. The average molecular weight is 339 g/mol. The fourth-order valence-corrected chi connectivity index (χ4v) is 3.24. The minimum atomic E-state index is 0.154. The molecule has 3 aromatic heterocycles. The first-order valence-electron chi connectivity index (χ1n) is 8.49. The van der Waals surface area contributed by atoms with Crippen LogP contribution in [-0.2, 0) is 0 Å². The normalized spacial score (nSPS) is 15.7. The largest absolute Gasteiger partial charge is 0.473 e. The number of hydrogen-bond acceptors (Lipinski definition) is 7. The van der Waals surface area contributed by atoms with E-state index in [0.717, 1.165) is 48.7 Å². The zero-order valence-corrected chi connectivity index (χ0v) is 14.7. The van der Waals surface area contributed by atoms with Gasteiger partial charge in [0.15, 0.2) is 0 Å². The van der Waals surface area contributed by atoms with E-state index in [-0.39, 0.29) is 6.10 Å². The molecule has 0 N–H and O–H groups in total. The molecular weight excluding hydrogens is 318 g/mol. The maximum absolute atomic E-state index is 6.00. The van der Waals surface area contributed by atoms with Crippen LogP contribution in [0, 0.1) is 20.8 Å². The molecule has 1 fully saturated rings. The molecular formula is C17H21N7O. The molecule has 1 saturated heterocycles. The smallest absolute Gasteiger partial charge is 0.254 e. The number of hydrogen-bond donors (Lipinski definition) is 0. The standard InChI is InChI=1S/C17H21N7O/c1-11-8-18-9-15(21-11)25-14-4-6-23(7-5-14)16-12(2)13(3)22-17-19-10-20-24(16)17/h8-10,14H,4-7H2,1-3H3. The van der Waals surface area contributed by atoms with Crippen LogP contribution < -0.4 is 9.64 Å². The minimum Gasteiger partial charge on any atom is -0.473 e. The average Bonchev–Trinajstić information content (AvgIpc) is 3.05. The van der Waals surface area contributed by atoms with E-state index in [1.165, 1.54) is 0 Å². The molecule has 0 bridgehead atoms. The molecule has 25 heavy (non-hydrogen) atoms. The Balaban J connectivity index is 1.51. The molecule has 0 aliphatic carbocycles. The molecule has 1 aliphatic heterocycles. The summed E-state index contributed by atoms with van der Waals surface area (Å²) in [6.45, 7) is 7.80. The molecule has 0 unspecified atom stereocenters. The van der Waals surface area contributed by atoms with Crippen molar-refractivity contribution in [2.45, 2.75) is 39.7 Å². The maximum Gasteiger partial charge on any atom is 0.254 e. The van der Waals surface area contributed by atoms with Gasteiger partial charge in [0.2, 0.25) is 5.88 Å². The predicted molar refractivity (Wildman–Crippen MR) is 92.9 cm³/mol. The first-order chi connectivity index (χ1) is 12.1.